The molecule has 0 aliphatic carbocycles. The Morgan fingerprint density at radius 2 is 1.79 bits per heavy atom. The van der Waals surface area contributed by atoms with Gasteiger partial charge in [-0.05, 0) is 48.6 Å². The zero-order valence-corrected chi connectivity index (χ0v) is 16.0. The van der Waals surface area contributed by atoms with Crippen molar-refractivity contribution in [2.45, 2.75) is 45.2 Å². The average molecular weight is 377 g/mol. The quantitative estimate of drug-likeness (QED) is 0.714. The zero-order valence-electron chi connectivity index (χ0n) is 16.0. The number of halogens is 1. The van der Waals surface area contributed by atoms with Crippen LogP contribution in [0.15, 0.2) is 54.7 Å². The molecule has 0 fully saturated rings. The van der Waals surface area contributed by atoms with Gasteiger partial charge in [-0.25, -0.2) is 9.37 Å². The maximum absolute atomic E-state index is 13.1. The summed E-state index contributed by atoms with van der Waals surface area (Å²) in [6.07, 6.45) is 5.67. The van der Waals surface area contributed by atoms with Crippen LogP contribution in [0.1, 0.15) is 42.9 Å². The van der Waals surface area contributed by atoms with E-state index in [0.29, 0.717) is 6.42 Å². The molecule has 144 valence electrons. The molecule has 1 unspecified atom stereocenters. The zero-order chi connectivity index (χ0) is 19.5. The van der Waals surface area contributed by atoms with Crippen LogP contribution in [-0.4, -0.2) is 15.5 Å². The highest BCUT2D eigenvalue weighted by molar-refractivity contribution is 5.78. The van der Waals surface area contributed by atoms with Gasteiger partial charge >= 0.3 is 0 Å². The molecule has 0 bridgehead atoms. The molecule has 0 saturated heterocycles. The van der Waals surface area contributed by atoms with Crippen molar-refractivity contribution in [1.82, 2.24) is 14.9 Å². The Morgan fingerprint density at radius 1 is 1.11 bits per heavy atom. The fourth-order valence-corrected chi connectivity index (χ4v) is 3.70. The van der Waals surface area contributed by atoms with Crippen molar-refractivity contribution >= 4 is 5.91 Å². The lowest BCUT2D eigenvalue weighted by Gasteiger charge is -2.14. The van der Waals surface area contributed by atoms with Crippen LogP contribution in [0, 0.1) is 5.82 Å². The smallest absolute Gasteiger partial charge is 0.226 e. The molecule has 1 atom stereocenters. The maximum atomic E-state index is 13.1. The minimum atomic E-state index is -0.240. The summed E-state index contributed by atoms with van der Waals surface area (Å²) < 4.78 is 15.2. The van der Waals surface area contributed by atoms with E-state index >= 15 is 0 Å². The summed E-state index contributed by atoms with van der Waals surface area (Å²) in [5.41, 5.74) is 3.86. The Bertz CT molecular complexity index is 937. The number of aromatic nitrogens is 2. The molecule has 0 radical (unpaired) electrons. The molecule has 2 heterocycles. The van der Waals surface area contributed by atoms with E-state index in [0.717, 1.165) is 41.2 Å². The summed E-state index contributed by atoms with van der Waals surface area (Å²) in [6, 6.07) is 14.3. The second-order valence-corrected chi connectivity index (χ2v) is 7.39. The van der Waals surface area contributed by atoms with Crippen molar-refractivity contribution in [2.24, 2.45) is 0 Å². The van der Waals surface area contributed by atoms with Gasteiger partial charge in [0.25, 0.3) is 0 Å². The highest BCUT2D eigenvalue weighted by Gasteiger charge is 2.16. The van der Waals surface area contributed by atoms with E-state index in [4.69, 9.17) is 0 Å². The lowest BCUT2D eigenvalue weighted by molar-refractivity contribution is -0.121. The average Bonchev–Trinajstić information content (AvgIpc) is 3.10. The predicted octanol–water partition coefficient (Wildman–Crippen LogP) is 4.45. The van der Waals surface area contributed by atoms with Crippen molar-refractivity contribution in [3.8, 4) is 11.1 Å². The first-order valence-electron chi connectivity index (χ1n) is 9.79. The Kier molecular flexibility index (Phi) is 5.24. The van der Waals surface area contributed by atoms with Gasteiger partial charge in [-0.15, -0.1) is 0 Å². The second-order valence-electron chi connectivity index (χ2n) is 7.39. The van der Waals surface area contributed by atoms with Gasteiger partial charge in [0, 0.05) is 19.2 Å². The van der Waals surface area contributed by atoms with Crippen molar-refractivity contribution in [2.75, 3.05) is 0 Å². The molecule has 28 heavy (non-hydrogen) atoms. The van der Waals surface area contributed by atoms with Gasteiger partial charge in [0.15, 0.2) is 0 Å². The fraction of sp³-hybridized carbons (Fsp3) is 0.304. The fourth-order valence-electron chi connectivity index (χ4n) is 3.70. The van der Waals surface area contributed by atoms with Crippen LogP contribution in [0.2, 0.25) is 0 Å². The van der Waals surface area contributed by atoms with Gasteiger partial charge in [0.1, 0.15) is 11.6 Å². The number of carbonyl (C=O) groups excluding carboxylic acids is 1. The Labute approximate surface area is 164 Å². The molecule has 0 saturated carbocycles. The monoisotopic (exact) mass is 377 g/mol. The van der Waals surface area contributed by atoms with E-state index in [1.165, 1.54) is 25.0 Å². The normalized spacial score (nSPS) is 14.4. The molecular formula is C23H24FN3O. The molecule has 3 aromatic rings. The summed E-state index contributed by atoms with van der Waals surface area (Å²) in [5.74, 6) is 0.833. The first-order valence-corrected chi connectivity index (χ1v) is 9.79. The summed E-state index contributed by atoms with van der Waals surface area (Å²) in [4.78, 5) is 17.0. The largest absolute Gasteiger partial charge is 0.349 e. The van der Waals surface area contributed by atoms with Crippen LogP contribution in [-0.2, 0) is 24.2 Å². The number of hydrogen-bond donors (Lipinski definition) is 1. The number of aryl methyl sites for hydroxylation is 2. The van der Waals surface area contributed by atoms with E-state index in [-0.39, 0.29) is 17.8 Å². The lowest BCUT2D eigenvalue weighted by Crippen LogP contribution is -2.28. The summed E-state index contributed by atoms with van der Waals surface area (Å²) >= 11 is 0. The van der Waals surface area contributed by atoms with Gasteiger partial charge in [-0.3, -0.25) is 4.79 Å². The number of nitrogens with zero attached hydrogens (tertiary/aromatic N) is 2. The second kappa shape index (κ2) is 7.97. The van der Waals surface area contributed by atoms with E-state index in [9.17, 15) is 9.18 Å². The molecule has 5 heteroatoms. The topological polar surface area (TPSA) is 46.9 Å². The number of hydrogen-bond acceptors (Lipinski definition) is 2. The Hall–Kier alpha value is -2.95. The van der Waals surface area contributed by atoms with Crippen LogP contribution < -0.4 is 5.32 Å². The van der Waals surface area contributed by atoms with Gasteiger partial charge in [0.2, 0.25) is 5.91 Å². The molecule has 1 aromatic heterocycles. The predicted molar refractivity (Wildman–Crippen MR) is 107 cm³/mol. The number of rotatable bonds is 5. The standard InChI is InChI=1S/C23H24FN3O/c1-16(17-5-7-18(8-6-17)19-9-11-20(24)12-10-19)25-23(28)14-21-15-27-13-3-2-4-22(27)26-21/h5-12,15-16H,2-4,13-14H2,1H3,(H,25,28). The third kappa shape index (κ3) is 4.14. The van der Waals surface area contributed by atoms with Crippen molar-refractivity contribution in [1.29, 1.82) is 0 Å². The number of imidazole rings is 1. The Balaban J connectivity index is 1.37. The van der Waals surface area contributed by atoms with E-state index in [1.54, 1.807) is 12.1 Å². The van der Waals surface area contributed by atoms with Crippen molar-refractivity contribution in [3.05, 3.63) is 77.6 Å². The molecule has 1 aliphatic rings. The number of fused-ring (bicyclic) bond motifs is 1. The van der Waals surface area contributed by atoms with Crippen LogP contribution >= 0.6 is 0 Å². The summed E-state index contributed by atoms with van der Waals surface area (Å²) in [7, 11) is 0. The van der Waals surface area contributed by atoms with E-state index < -0.39 is 0 Å². The molecule has 0 spiro atoms. The SMILES string of the molecule is CC(NC(=O)Cc1cn2c(n1)CCCC2)c1ccc(-c2ccc(F)cc2)cc1. The third-order valence-corrected chi connectivity index (χ3v) is 5.27. The minimum Gasteiger partial charge on any atom is -0.349 e. The Morgan fingerprint density at radius 3 is 2.46 bits per heavy atom. The van der Waals surface area contributed by atoms with Crippen LogP contribution in [0.3, 0.4) is 0 Å². The van der Waals surface area contributed by atoms with Crippen molar-refractivity contribution < 1.29 is 9.18 Å². The summed E-state index contributed by atoms with van der Waals surface area (Å²) in [6.45, 7) is 2.98. The van der Waals surface area contributed by atoms with Gasteiger partial charge in [-0.2, -0.15) is 0 Å². The van der Waals surface area contributed by atoms with Gasteiger partial charge < -0.3 is 9.88 Å². The molecule has 1 N–H and O–H groups in total. The number of nitrogens with one attached hydrogen (secondary N) is 1. The molecule has 1 aliphatic heterocycles. The van der Waals surface area contributed by atoms with Gasteiger partial charge in [-0.1, -0.05) is 36.4 Å². The lowest BCUT2D eigenvalue weighted by atomic mass is 10.0. The number of carbonyl (C=O) groups is 1. The maximum Gasteiger partial charge on any atom is 0.226 e. The molecule has 1 amide bonds. The van der Waals surface area contributed by atoms with Crippen LogP contribution in [0.4, 0.5) is 4.39 Å². The molecule has 2 aromatic carbocycles. The van der Waals surface area contributed by atoms with Crippen molar-refractivity contribution in [3.63, 3.8) is 0 Å². The highest BCUT2D eigenvalue weighted by atomic mass is 19.1. The number of amides is 1. The first-order chi connectivity index (χ1) is 13.6. The molecular weight excluding hydrogens is 353 g/mol. The third-order valence-electron chi connectivity index (χ3n) is 5.27. The number of benzene rings is 2. The summed E-state index contributed by atoms with van der Waals surface area (Å²) in [5, 5.41) is 3.05. The minimum absolute atomic E-state index is 0.0226. The van der Waals surface area contributed by atoms with E-state index in [1.807, 2.05) is 37.4 Å². The highest BCUT2D eigenvalue weighted by Crippen LogP contribution is 2.22. The van der Waals surface area contributed by atoms with Gasteiger partial charge in [0.05, 0.1) is 18.2 Å². The molecule has 4 nitrogen and oxygen atoms in total. The molecule has 4 rings (SSSR count). The van der Waals surface area contributed by atoms with Crippen LogP contribution in [0.5, 0.6) is 0 Å². The van der Waals surface area contributed by atoms with Crippen LogP contribution in [0.25, 0.3) is 11.1 Å². The van der Waals surface area contributed by atoms with E-state index in [2.05, 4.69) is 14.9 Å². The first kappa shape index (κ1) is 18.4.